The van der Waals surface area contributed by atoms with Crippen molar-refractivity contribution in [3.8, 4) is 5.75 Å². The zero-order chi connectivity index (χ0) is 9.97. The number of nitrogens with zero attached hydrogens (tertiary/aromatic N) is 1. The van der Waals surface area contributed by atoms with E-state index in [2.05, 4.69) is 0 Å². The number of ether oxygens (including phenoxy) is 1. The van der Waals surface area contributed by atoms with Crippen molar-refractivity contribution in [1.29, 1.82) is 0 Å². The minimum atomic E-state index is 0.0974. The molecular weight excluding hydrogens is 218 g/mol. The Hall–Kier alpha value is -0.810. The molecule has 5 heteroatoms. The second-order valence-electron chi connectivity index (χ2n) is 2.72. The molecule has 0 radical (unpaired) electrons. The third kappa shape index (κ3) is 1.83. The van der Waals surface area contributed by atoms with Gasteiger partial charge in [-0.1, -0.05) is 10.8 Å². The Morgan fingerprint density at radius 2 is 2.07 bits per heavy atom. The number of hydrogen-bond acceptors (Lipinski definition) is 4. The molecule has 0 saturated carbocycles. The molecule has 0 aromatic heterocycles. The van der Waals surface area contributed by atoms with Crippen LogP contribution in [0.5, 0.6) is 5.75 Å². The van der Waals surface area contributed by atoms with Crippen LogP contribution in [0.2, 0.25) is 0 Å². The van der Waals surface area contributed by atoms with Gasteiger partial charge in [-0.05, 0) is 24.3 Å². The van der Waals surface area contributed by atoms with Gasteiger partial charge in [-0.15, -0.1) is 0 Å². The van der Waals surface area contributed by atoms with Crippen LogP contribution in [0.15, 0.2) is 24.3 Å². The number of amides is 1. The Bertz CT molecular complexity index is 339. The van der Waals surface area contributed by atoms with Crippen LogP contribution in [-0.4, -0.2) is 18.2 Å². The molecule has 1 aromatic carbocycles. The fraction of sp³-hybridized carbons (Fsp3) is 0.222. The van der Waals surface area contributed by atoms with E-state index in [4.69, 9.17) is 4.74 Å². The third-order valence-electron chi connectivity index (χ3n) is 1.92. The molecule has 1 saturated heterocycles. The van der Waals surface area contributed by atoms with Crippen LogP contribution in [0, 0.1) is 0 Å². The molecule has 2 rings (SSSR count). The molecule has 1 heterocycles. The smallest absolute Gasteiger partial charge is 0.297 e. The Labute approximate surface area is 90.2 Å². The molecular formula is C9H9NO2S2. The van der Waals surface area contributed by atoms with Crippen molar-refractivity contribution < 1.29 is 9.53 Å². The summed E-state index contributed by atoms with van der Waals surface area (Å²) in [7, 11) is 4.47. The maximum Gasteiger partial charge on any atom is 0.297 e. The first-order valence-electron chi connectivity index (χ1n) is 4.06. The number of rotatable bonds is 2. The molecule has 1 aliphatic heterocycles. The van der Waals surface area contributed by atoms with Crippen molar-refractivity contribution in [3.63, 3.8) is 0 Å². The Morgan fingerprint density at radius 3 is 2.57 bits per heavy atom. The van der Waals surface area contributed by atoms with Gasteiger partial charge >= 0.3 is 0 Å². The van der Waals surface area contributed by atoms with Crippen molar-refractivity contribution in [2.24, 2.45) is 0 Å². The highest BCUT2D eigenvalue weighted by atomic mass is 33.1. The summed E-state index contributed by atoms with van der Waals surface area (Å²) in [5.41, 5.74) is 0.924. The summed E-state index contributed by atoms with van der Waals surface area (Å²) >= 11 is 0. The summed E-state index contributed by atoms with van der Waals surface area (Å²) in [6, 6.07) is 7.50. The fourth-order valence-corrected chi connectivity index (χ4v) is 3.08. The summed E-state index contributed by atoms with van der Waals surface area (Å²) < 4.78 is 5.04. The van der Waals surface area contributed by atoms with Gasteiger partial charge in [0.2, 0.25) is 0 Å². The number of anilines is 1. The average Bonchev–Trinajstić information content (AvgIpc) is 2.65. The van der Waals surface area contributed by atoms with Crippen LogP contribution < -0.4 is 9.64 Å². The molecule has 74 valence electrons. The zero-order valence-corrected chi connectivity index (χ0v) is 9.23. The maximum absolute atomic E-state index is 11.4. The molecule has 0 bridgehead atoms. The van der Waals surface area contributed by atoms with E-state index in [1.54, 1.807) is 22.8 Å². The molecule has 1 aliphatic rings. The average molecular weight is 227 g/mol. The molecule has 1 amide bonds. The maximum atomic E-state index is 11.4. The van der Waals surface area contributed by atoms with Crippen LogP contribution in [0.3, 0.4) is 0 Å². The van der Waals surface area contributed by atoms with E-state index < -0.39 is 0 Å². The predicted octanol–water partition coefficient (Wildman–Crippen LogP) is 2.97. The van der Waals surface area contributed by atoms with E-state index in [1.165, 1.54) is 10.8 Å². The summed E-state index contributed by atoms with van der Waals surface area (Å²) in [5.74, 6) is 1.52. The Balaban J connectivity index is 2.20. The molecule has 0 aliphatic carbocycles. The van der Waals surface area contributed by atoms with Gasteiger partial charge in [-0.25, -0.2) is 0 Å². The van der Waals surface area contributed by atoms with E-state index in [1.807, 2.05) is 24.3 Å². The first-order chi connectivity index (χ1) is 6.81. The molecule has 0 atom stereocenters. The monoisotopic (exact) mass is 227 g/mol. The minimum Gasteiger partial charge on any atom is -0.497 e. The lowest BCUT2D eigenvalue weighted by atomic mass is 10.3. The highest BCUT2D eigenvalue weighted by Gasteiger charge is 2.23. The molecule has 14 heavy (non-hydrogen) atoms. The Kier molecular flexibility index (Phi) is 2.88. The van der Waals surface area contributed by atoms with Gasteiger partial charge < -0.3 is 4.74 Å². The fourth-order valence-electron chi connectivity index (χ4n) is 1.17. The molecule has 0 unspecified atom stereocenters. The van der Waals surface area contributed by atoms with Crippen molar-refractivity contribution in [3.05, 3.63) is 24.3 Å². The number of hydrogen-bond donors (Lipinski definition) is 0. The lowest BCUT2D eigenvalue weighted by Crippen LogP contribution is -2.20. The molecule has 0 spiro atoms. The highest BCUT2D eigenvalue weighted by Crippen LogP contribution is 2.37. The van der Waals surface area contributed by atoms with Crippen LogP contribution in [-0.2, 0) is 0 Å². The molecule has 3 nitrogen and oxygen atoms in total. The predicted molar refractivity (Wildman–Crippen MR) is 60.9 cm³/mol. The summed E-state index contributed by atoms with van der Waals surface area (Å²) in [6.45, 7) is 0. The molecule has 1 aromatic rings. The number of carbonyl (C=O) groups excluding carboxylic acids is 1. The topological polar surface area (TPSA) is 29.5 Å². The minimum absolute atomic E-state index is 0.0974. The first-order valence-corrected chi connectivity index (χ1v) is 6.38. The quantitative estimate of drug-likeness (QED) is 0.726. The van der Waals surface area contributed by atoms with Crippen molar-refractivity contribution >= 4 is 32.5 Å². The van der Waals surface area contributed by atoms with Gasteiger partial charge in [0.1, 0.15) is 5.75 Å². The first kappa shape index (κ1) is 9.73. The second kappa shape index (κ2) is 4.14. The van der Waals surface area contributed by atoms with E-state index in [0.717, 1.165) is 17.3 Å². The summed E-state index contributed by atoms with van der Waals surface area (Å²) in [5, 5.41) is 0.0974. The lowest BCUT2D eigenvalue weighted by Gasteiger charge is -2.13. The van der Waals surface area contributed by atoms with Crippen LogP contribution in [0.25, 0.3) is 0 Å². The van der Waals surface area contributed by atoms with Crippen LogP contribution in [0.4, 0.5) is 10.5 Å². The van der Waals surface area contributed by atoms with Crippen LogP contribution >= 0.6 is 21.6 Å². The van der Waals surface area contributed by atoms with Crippen molar-refractivity contribution in [2.75, 3.05) is 17.9 Å². The van der Waals surface area contributed by atoms with Crippen LogP contribution in [0.1, 0.15) is 0 Å². The van der Waals surface area contributed by atoms with Crippen molar-refractivity contribution in [1.82, 2.24) is 0 Å². The zero-order valence-electron chi connectivity index (χ0n) is 7.60. The molecule has 1 fully saturated rings. The van der Waals surface area contributed by atoms with Gasteiger partial charge in [0, 0.05) is 16.5 Å². The van der Waals surface area contributed by atoms with Gasteiger partial charge in [-0.2, -0.15) is 0 Å². The lowest BCUT2D eigenvalue weighted by molar-refractivity contribution is 0.266. The number of carbonyl (C=O) groups is 1. The van der Waals surface area contributed by atoms with Gasteiger partial charge in [-0.3, -0.25) is 9.69 Å². The summed E-state index contributed by atoms with van der Waals surface area (Å²) in [6.07, 6.45) is 0. The largest absolute Gasteiger partial charge is 0.497 e. The van der Waals surface area contributed by atoms with Gasteiger partial charge in [0.15, 0.2) is 0 Å². The van der Waals surface area contributed by atoms with E-state index in [0.29, 0.717) is 0 Å². The van der Waals surface area contributed by atoms with E-state index in [9.17, 15) is 4.79 Å². The van der Waals surface area contributed by atoms with Crippen molar-refractivity contribution in [2.45, 2.75) is 0 Å². The van der Waals surface area contributed by atoms with Gasteiger partial charge in [0.05, 0.1) is 13.0 Å². The Morgan fingerprint density at radius 1 is 1.36 bits per heavy atom. The van der Waals surface area contributed by atoms with E-state index >= 15 is 0 Å². The summed E-state index contributed by atoms with van der Waals surface area (Å²) in [4.78, 5) is 13.1. The number of methoxy groups -OCH3 is 1. The SMILES string of the molecule is COc1ccc(N2CSSC2=O)cc1. The second-order valence-corrected chi connectivity index (χ2v) is 4.94. The van der Waals surface area contributed by atoms with Gasteiger partial charge in [0.25, 0.3) is 5.24 Å². The highest BCUT2D eigenvalue weighted by molar-refractivity contribution is 8.83. The third-order valence-corrected chi connectivity index (χ3v) is 3.86. The van der Waals surface area contributed by atoms with E-state index in [-0.39, 0.29) is 5.24 Å². The number of benzene rings is 1. The standard InChI is InChI=1S/C9H9NO2S2/c1-12-8-4-2-7(3-5-8)10-6-13-14-9(10)11/h2-5H,6H2,1H3. The normalized spacial score (nSPS) is 16.1. The molecule has 0 N–H and O–H groups in total.